The summed E-state index contributed by atoms with van der Waals surface area (Å²) in [6, 6.07) is 7.42. The third-order valence-electron chi connectivity index (χ3n) is 4.24. The van der Waals surface area contributed by atoms with E-state index < -0.39 is 0 Å². The standard InChI is InChI=1S/C18H21N3O3S/c1-3-24-18(23)21-9-8-13-14(10-21)25-17(15(13)19)20-16(22)12-7-5-4-6-11(12)2/h4-7H,3,8-10,19H2,1-2H3,(H,20,22). The Morgan fingerprint density at radius 3 is 2.84 bits per heavy atom. The van der Waals surface area contributed by atoms with Gasteiger partial charge in [0.1, 0.15) is 5.00 Å². The number of carbonyl (C=O) groups is 2. The van der Waals surface area contributed by atoms with Crippen molar-refractivity contribution in [2.75, 3.05) is 24.2 Å². The Labute approximate surface area is 150 Å². The Bertz CT molecular complexity index is 816. The maximum absolute atomic E-state index is 12.5. The van der Waals surface area contributed by atoms with Crippen LogP contribution >= 0.6 is 11.3 Å². The number of hydrogen-bond acceptors (Lipinski definition) is 5. The van der Waals surface area contributed by atoms with Crippen molar-refractivity contribution < 1.29 is 14.3 Å². The molecule has 1 aliphatic heterocycles. The van der Waals surface area contributed by atoms with E-state index in [9.17, 15) is 9.59 Å². The van der Waals surface area contributed by atoms with Crippen LogP contribution in [0.2, 0.25) is 0 Å². The first-order chi connectivity index (χ1) is 12.0. The van der Waals surface area contributed by atoms with Gasteiger partial charge in [-0.25, -0.2) is 4.79 Å². The van der Waals surface area contributed by atoms with E-state index in [-0.39, 0.29) is 12.0 Å². The lowest BCUT2D eigenvalue weighted by Crippen LogP contribution is -2.35. The molecule has 2 heterocycles. The van der Waals surface area contributed by atoms with Crippen molar-refractivity contribution in [3.63, 3.8) is 0 Å². The Morgan fingerprint density at radius 2 is 2.12 bits per heavy atom. The molecular formula is C18H21N3O3S. The Kier molecular flexibility index (Phi) is 4.94. The van der Waals surface area contributed by atoms with Crippen molar-refractivity contribution in [3.8, 4) is 0 Å². The number of fused-ring (bicyclic) bond motifs is 1. The van der Waals surface area contributed by atoms with Crippen LogP contribution in [-0.2, 0) is 17.7 Å². The second kappa shape index (κ2) is 7.14. The molecule has 7 heteroatoms. The summed E-state index contributed by atoms with van der Waals surface area (Å²) in [5.74, 6) is -0.175. The zero-order valence-corrected chi connectivity index (χ0v) is 15.1. The highest BCUT2D eigenvalue weighted by molar-refractivity contribution is 7.17. The summed E-state index contributed by atoms with van der Waals surface area (Å²) in [6.07, 6.45) is 0.349. The van der Waals surface area contributed by atoms with E-state index in [1.54, 1.807) is 17.9 Å². The molecule has 0 spiro atoms. The van der Waals surface area contributed by atoms with Crippen LogP contribution in [-0.4, -0.2) is 30.1 Å². The van der Waals surface area contributed by atoms with Crippen molar-refractivity contribution in [1.29, 1.82) is 0 Å². The molecule has 1 aromatic carbocycles. The van der Waals surface area contributed by atoms with Crippen molar-refractivity contribution in [2.24, 2.45) is 0 Å². The monoisotopic (exact) mass is 359 g/mol. The van der Waals surface area contributed by atoms with Crippen molar-refractivity contribution >= 4 is 34.0 Å². The molecule has 0 radical (unpaired) electrons. The smallest absolute Gasteiger partial charge is 0.410 e. The van der Waals surface area contributed by atoms with Crippen molar-refractivity contribution in [1.82, 2.24) is 4.90 Å². The summed E-state index contributed by atoms with van der Waals surface area (Å²) in [7, 11) is 0. The second-order valence-electron chi connectivity index (χ2n) is 5.89. The number of amides is 2. The van der Waals surface area contributed by atoms with Gasteiger partial charge in [0.2, 0.25) is 0 Å². The van der Waals surface area contributed by atoms with Gasteiger partial charge in [-0.2, -0.15) is 0 Å². The highest BCUT2D eigenvalue weighted by atomic mass is 32.1. The van der Waals surface area contributed by atoms with E-state index in [0.717, 1.165) is 16.0 Å². The number of nitrogens with zero attached hydrogens (tertiary/aromatic N) is 1. The fraction of sp³-hybridized carbons (Fsp3) is 0.333. The quantitative estimate of drug-likeness (QED) is 0.879. The minimum Gasteiger partial charge on any atom is -0.450 e. The molecule has 0 unspecified atom stereocenters. The van der Waals surface area contributed by atoms with Gasteiger partial charge in [-0.1, -0.05) is 18.2 Å². The van der Waals surface area contributed by atoms with Gasteiger partial charge in [0.15, 0.2) is 0 Å². The molecular weight excluding hydrogens is 338 g/mol. The summed E-state index contributed by atoms with van der Waals surface area (Å²) >= 11 is 1.42. The van der Waals surface area contributed by atoms with Gasteiger partial charge in [0, 0.05) is 17.0 Å². The van der Waals surface area contributed by atoms with Crippen LogP contribution in [0.5, 0.6) is 0 Å². The molecule has 25 heavy (non-hydrogen) atoms. The summed E-state index contributed by atoms with van der Waals surface area (Å²) in [5.41, 5.74) is 9.39. The molecule has 0 fully saturated rings. The van der Waals surface area contributed by atoms with Gasteiger partial charge in [-0.3, -0.25) is 4.79 Å². The normalized spacial score (nSPS) is 13.3. The predicted molar refractivity (Wildman–Crippen MR) is 99.0 cm³/mol. The van der Waals surface area contributed by atoms with Crippen LogP contribution < -0.4 is 11.1 Å². The lowest BCUT2D eigenvalue weighted by atomic mass is 10.1. The molecule has 2 amide bonds. The van der Waals surface area contributed by atoms with Gasteiger partial charge < -0.3 is 20.7 Å². The van der Waals surface area contributed by atoms with Crippen LogP contribution in [0.15, 0.2) is 24.3 Å². The first kappa shape index (κ1) is 17.3. The topological polar surface area (TPSA) is 84.7 Å². The van der Waals surface area contributed by atoms with Crippen LogP contribution in [0.1, 0.15) is 33.3 Å². The van der Waals surface area contributed by atoms with Gasteiger partial charge in [-0.05, 0) is 37.5 Å². The lowest BCUT2D eigenvalue weighted by Gasteiger charge is -2.26. The van der Waals surface area contributed by atoms with Crippen molar-refractivity contribution in [3.05, 3.63) is 45.8 Å². The number of benzene rings is 1. The number of rotatable bonds is 3. The second-order valence-corrected chi connectivity index (χ2v) is 6.99. The first-order valence-corrected chi connectivity index (χ1v) is 9.01. The fourth-order valence-electron chi connectivity index (χ4n) is 2.89. The number of nitrogens with one attached hydrogen (secondary N) is 1. The highest BCUT2D eigenvalue weighted by Crippen LogP contribution is 2.39. The van der Waals surface area contributed by atoms with E-state index in [1.165, 1.54) is 11.3 Å². The van der Waals surface area contributed by atoms with Gasteiger partial charge in [-0.15, -0.1) is 11.3 Å². The Balaban J connectivity index is 1.78. The molecule has 0 saturated carbocycles. The number of ether oxygens (including phenoxy) is 1. The van der Waals surface area contributed by atoms with Gasteiger partial charge in [0.25, 0.3) is 5.91 Å². The molecule has 1 aliphatic rings. The molecule has 132 valence electrons. The lowest BCUT2D eigenvalue weighted by molar-refractivity contribution is 0.102. The average molecular weight is 359 g/mol. The Morgan fingerprint density at radius 1 is 1.36 bits per heavy atom. The van der Waals surface area contributed by atoms with Crippen LogP contribution in [0.4, 0.5) is 15.5 Å². The van der Waals surface area contributed by atoms with E-state index in [1.807, 2.05) is 25.1 Å². The number of hydrogen-bond donors (Lipinski definition) is 2. The van der Waals surface area contributed by atoms with Gasteiger partial charge >= 0.3 is 6.09 Å². The molecule has 0 bridgehead atoms. The summed E-state index contributed by atoms with van der Waals surface area (Å²) in [6.45, 7) is 5.07. The summed E-state index contributed by atoms with van der Waals surface area (Å²) < 4.78 is 5.06. The molecule has 0 atom stereocenters. The van der Waals surface area contributed by atoms with Crippen molar-refractivity contribution in [2.45, 2.75) is 26.8 Å². The van der Waals surface area contributed by atoms with Crippen LogP contribution in [0, 0.1) is 6.92 Å². The van der Waals surface area contributed by atoms with Crippen LogP contribution in [0.25, 0.3) is 0 Å². The molecule has 0 saturated heterocycles. The molecule has 0 aliphatic carbocycles. The molecule has 3 N–H and O–H groups in total. The summed E-state index contributed by atoms with van der Waals surface area (Å²) in [5, 5.41) is 3.56. The zero-order valence-electron chi connectivity index (χ0n) is 14.3. The molecule has 1 aromatic heterocycles. The number of anilines is 2. The molecule has 3 rings (SSSR count). The van der Waals surface area contributed by atoms with Gasteiger partial charge in [0.05, 0.1) is 18.8 Å². The largest absolute Gasteiger partial charge is 0.450 e. The number of aryl methyl sites for hydroxylation is 1. The zero-order chi connectivity index (χ0) is 18.0. The van der Waals surface area contributed by atoms with Crippen LogP contribution in [0.3, 0.4) is 0 Å². The van der Waals surface area contributed by atoms with E-state index in [4.69, 9.17) is 10.5 Å². The fourth-order valence-corrected chi connectivity index (χ4v) is 4.07. The maximum Gasteiger partial charge on any atom is 0.410 e. The van der Waals surface area contributed by atoms with E-state index >= 15 is 0 Å². The third-order valence-corrected chi connectivity index (χ3v) is 5.39. The number of nitrogen functional groups attached to an aromatic ring is 1. The average Bonchev–Trinajstić information content (AvgIpc) is 2.90. The number of carbonyl (C=O) groups excluding carboxylic acids is 2. The SMILES string of the molecule is CCOC(=O)N1CCc2c(sc(NC(=O)c3ccccc3C)c2N)C1. The number of thiophene rings is 1. The minimum atomic E-state index is -0.314. The van der Waals surface area contributed by atoms with E-state index in [2.05, 4.69) is 5.32 Å². The van der Waals surface area contributed by atoms with E-state index in [0.29, 0.717) is 42.4 Å². The third kappa shape index (κ3) is 3.46. The molecule has 6 nitrogen and oxygen atoms in total. The molecule has 2 aromatic rings. The number of nitrogens with two attached hydrogens (primary N) is 1. The summed E-state index contributed by atoms with van der Waals surface area (Å²) in [4.78, 5) is 27.1. The highest BCUT2D eigenvalue weighted by Gasteiger charge is 2.27. The Hall–Kier alpha value is -2.54. The minimum absolute atomic E-state index is 0.175. The maximum atomic E-state index is 12.5. The first-order valence-electron chi connectivity index (χ1n) is 8.20. The predicted octanol–water partition coefficient (Wildman–Crippen LogP) is 3.41.